The monoisotopic (exact) mass is 327 g/mol. The standard InChI is InChI=1S/C18H17NO3S/c1-12(2)14-7-5-13(6-8-14)11-19-17(20)16(23-18(19)21)10-15-4-3-9-22-15/h3-10,12H,11H2,1-2H3/b16-10+. The Bertz CT molecular complexity index is 745. The van der Waals surface area contributed by atoms with Crippen molar-refractivity contribution in [2.75, 3.05) is 0 Å². The van der Waals surface area contributed by atoms with Crippen LogP contribution >= 0.6 is 11.8 Å². The molecule has 1 aromatic heterocycles. The van der Waals surface area contributed by atoms with Crippen LogP contribution in [-0.2, 0) is 11.3 Å². The summed E-state index contributed by atoms with van der Waals surface area (Å²) in [6.45, 7) is 4.55. The Morgan fingerprint density at radius 1 is 1.17 bits per heavy atom. The lowest BCUT2D eigenvalue weighted by Gasteiger charge is -2.13. The molecule has 0 saturated carbocycles. The van der Waals surface area contributed by atoms with E-state index in [9.17, 15) is 9.59 Å². The maximum Gasteiger partial charge on any atom is 0.293 e. The Morgan fingerprint density at radius 3 is 2.52 bits per heavy atom. The van der Waals surface area contributed by atoms with E-state index in [1.165, 1.54) is 16.7 Å². The van der Waals surface area contributed by atoms with Crippen molar-refractivity contribution in [1.29, 1.82) is 0 Å². The second-order valence-corrected chi connectivity index (χ2v) is 6.67. The Labute approximate surface area is 139 Å². The number of benzene rings is 1. The molecule has 4 nitrogen and oxygen atoms in total. The summed E-state index contributed by atoms with van der Waals surface area (Å²) < 4.78 is 5.20. The third-order valence-electron chi connectivity index (χ3n) is 3.68. The summed E-state index contributed by atoms with van der Waals surface area (Å²) in [4.78, 5) is 26.2. The van der Waals surface area contributed by atoms with E-state index in [0.29, 0.717) is 23.1 Å². The van der Waals surface area contributed by atoms with Gasteiger partial charge in [-0.25, -0.2) is 0 Å². The van der Waals surface area contributed by atoms with Gasteiger partial charge in [-0.3, -0.25) is 14.5 Å². The summed E-state index contributed by atoms with van der Waals surface area (Å²) in [6.07, 6.45) is 3.14. The van der Waals surface area contributed by atoms with E-state index < -0.39 is 0 Å². The van der Waals surface area contributed by atoms with Crippen LogP contribution in [-0.4, -0.2) is 16.0 Å². The molecule has 2 aromatic rings. The summed E-state index contributed by atoms with van der Waals surface area (Å²) in [5.41, 5.74) is 2.18. The van der Waals surface area contributed by atoms with Crippen LogP contribution in [0.5, 0.6) is 0 Å². The zero-order valence-corrected chi connectivity index (χ0v) is 13.8. The summed E-state index contributed by atoms with van der Waals surface area (Å²) in [7, 11) is 0. The predicted molar refractivity (Wildman–Crippen MR) is 90.8 cm³/mol. The van der Waals surface area contributed by atoms with E-state index in [1.807, 2.05) is 24.3 Å². The predicted octanol–water partition coefficient (Wildman–Crippen LogP) is 4.64. The Morgan fingerprint density at radius 2 is 1.91 bits per heavy atom. The highest BCUT2D eigenvalue weighted by Gasteiger charge is 2.35. The van der Waals surface area contributed by atoms with E-state index in [1.54, 1.807) is 18.2 Å². The molecule has 2 amide bonds. The van der Waals surface area contributed by atoms with E-state index in [2.05, 4.69) is 13.8 Å². The number of rotatable bonds is 4. The van der Waals surface area contributed by atoms with E-state index in [4.69, 9.17) is 4.42 Å². The fourth-order valence-corrected chi connectivity index (χ4v) is 3.15. The van der Waals surface area contributed by atoms with Gasteiger partial charge >= 0.3 is 0 Å². The Balaban J connectivity index is 1.75. The number of carbonyl (C=O) groups is 2. The van der Waals surface area contributed by atoms with Crippen molar-refractivity contribution in [3.63, 3.8) is 0 Å². The lowest BCUT2D eigenvalue weighted by Crippen LogP contribution is -2.27. The van der Waals surface area contributed by atoms with Gasteiger partial charge in [0.05, 0.1) is 17.7 Å². The Kier molecular flexibility index (Phi) is 4.39. The number of hydrogen-bond donors (Lipinski definition) is 0. The van der Waals surface area contributed by atoms with Gasteiger partial charge in [0.1, 0.15) is 5.76 Å². The molecule has 118 valence electrons. The molecule has 0 aliphatic carbocycles. The minimum atomic E-state index is -0.274. The second kappa shape index (κ2) is 6.46. The van der Waals surface area contributed by atoms with Gasteiger partial charge in [-0.2, -0.15) is 0 Å². The van der Waals surface area contributed by atoms with Gasteiger partial charge in [-0.15, -0.1) is 0 Å². The SMILES string of the molecule is CC(C)c1ccc(CN2C(=O)S/C(=C/c3ccco3)C2=O)cc1. The van der Waals surface area contributed by atoms with Crippen molar-refractivity contribution >= 4 is 29.0 Å². The van der Waals surface area contributed by atoms with Crippen LogP contribution in [0.4, 0.5) is 4.79 Å². The molecule has 2 heterocycles. The number of nitrogens with zero attached hydrogens (tertiary/aromatic N) is 1. The topological polar surface area (TPSA) is 50.5 Å². The fourth-order valence-electron chi connectivity index (χ4n) is 2.33. The van der Waals surface area contributed by atoms with Gasteiger partial charge in [0.2, 0.25) is 0 Å². The molecule has 0 radical (unpaired) electrons. The number of amides is 2. The van der Waals surface area contributed by atoms with Crippen molar-refractivity contribution < 1.29 is 14.0 Å². The molecular formula is C18H17NO3S. The molecule has 1 aliphatic rings. The lowest BCUT2D eigenvalue weighted by atomic mass is 10.0. The molecule has 1 saturated heterocycles. The zero-order chi connectivity index (χ0) is 16.4. The van der Waals surface area contributed by atoms with Gasteiger partial charge in [0.15, 0.2) is 0 Å². The van der Waals surface area contributed by atoms with Gasteiger partial charge in [-0.1, -0.05) is 38.1 Å². The molecule has 0 spiro atoms. The van der Waals surface area contributed by atoms with Crippen molar-refractivity contribution in [3.05, 3.63) is 64.5 Å². The van der Waals surface area contributed by atoms with Gasteiger partial charge < -0.3 is 4.42 Å². The van der Waals surface area contributed by atoms with Crippen LogP contribution in [0.2, 0.25) is 0 Å². The molecule has 1 fully saturated rings. The zero-order valence-electron chi connectivity index (χ0n) is 13.0. The van der Waals surface area contributed by atoms with Gasteiger partial charge in [-0.05, 0) is 40.9 Å². The van der Waals surface area contributed by atoms with E-state index >= 15 is 0 Å². The number of imide groups is 1. The average molecular weight is 327 g/mol. The Hall–Kier alpha value is -2.27. The number of hydrogen-bond acceptors (Lipinski definition) is 4. The third-order valence-corrected chi connectivity index (χ3v) is 4.58. The molecule has 1 aromatic carbocycles. The largest absolute Gasteiger partial charge is 0.465 e. The highest BCUT2D eigenvalue weighted by molar-refractivity contribution is 8.18. The van der Waals surface area contributed by atoms with Crippen LogP contribution in [0.3, 0.4) is 0 Å². The molecular weight excluding hydrogens is 310 g/mol. The molecule has 3 rings (SSSR count). The summed E-state index contributed by atoms with van der Waals surface area (Å²) in [5, 5.41) is -0.249. The van der Waals surface area contributed by atoms with Crippen molar-refractivity contribution in [3.8, 4) is 0 Å². The van der Waals surface area contributed by atoms with Crippen LogP contribution in [0, 0.1) is 0 Å². The molecule has 1 aliphatic heterocycles. The first-order valence-electron chi connectivity index (χ1n) is 7.42. The minimum Gasteiger partial charge on any atom is -0.465 e. The summed E-state index contributed by atoms with van der Waals surface area (Å²) >= 11 is 0.946. The van der Waals surface area contributed by atoms with Crippen molar-refractivity contribution in [2.45, 2.75) is 26.3 Å². The second-order valence-electron chi connectivity index (χ2n) is 5.68. The first kappa shape index (κ1) is 15.6. The smallest absolute Gasteiger partial charge is 0.293 e. The van der Waals surface area contributed by atoms with Gasteiger partial charge in [0, 0.05) is 6.08 Å². The molecule has 23 heavy (non-hydrogen) atoms. The van der Waals surface area contributed by atoms with Gasteiger partial charge in [0.25, 0.3) is 11.1 Å². The molecule has 0 unspecified atom stereocenters. The fraction of sp³-hybridized carbons (Fsp3) is 0.222. The van der Waals surface area contributed by atoms with E-state index in [-0.39, 0.29) is 11.1 Å². The average Bonchev–Trinajstić information content (AvgIpc) is 3.12. The maximum absolute atomic E-state index is 12.4. The van der Waals surface area contributed by atoms with Crippen LogP contribution < -0.4 is 0 Å². The number of thioether (sulfide) groups is 1. The number of carbonyl (C=O) groups excluding carboxylic acids is 2. The molecule has 0 atom stereocenters. The maximum atomic E-state index is 12.4. The quantitative estimate of drug-likeness (QED) is 0.768. The third kappa shape index (κ3) is 3.40. The molecule has 0 bridgehead atoms. The molecule has 0 N–H and O–H groups in total. The number of furan rings is 1. The van der Waals surface area contributed by atoms with Crippen LogP contribution in [0.15, 0.2) is 52.0 Å². The highest BCUT2D eigenvalue weighted by Crippen LogP contribution is 2.33. The van der Waals surface area contributed by atoms with Crippen molar-refractivity contribution in [1.82, 2.24) is 4.90 Å². The minimum absolute atomic E-state index is 0.249. The first-order valence-corrected chi connectivity index (χ1v) is 8.24. The summed E-state index contributed by atoms with van der Waals surface area (Å²) in [5.74, 6) is 0.749. The van der Waals surface area contributed by atoms with E-state index in [0.717, 1.165) is 17.3 Å². The lowest BCUT2D eigenvalue weighted by molar-refractivity contribution is -0.123. The first-order chi connectivity index (χ1) is 11.0. The normalized spacial score (nSPS) is 16.8. The van der Waals surface area contributed by atoms with Crippen LogP contribution in [0.25, 0.3) is 6.08 Å². The highest BCUT2D eigenvalue weighted by atomic mass is 32.2. The van der Waals surface area contributed by atoms with Crippen molar-refractivity contribution in [2.24, 2.45) is 0 Å². The summed E-state index contributed by atoms with van der Waals surface area (Å²) in [6, 6.07) is 11.5. The van der Waals surface area contributed by atoms with Crippen LogP contribution in [0.1, 0.15) is 36.7 Å². The molecule has 5 heteroatoms.